The van der Waals surface area contributed by atoms with E-state index in [0.29, 0.717) is 28.3 Å². The predicted octanol–water partition coefficient (Wildman–Crippen LogP) is 4.20. The van der Waals surface area contributed by atoms with Gasteiger partial charge in [-0.05, 0) is 49.7 Å². The highest BCUT2D eigenvalue weighted by Gasteiger charge is 2.18. The number of aryl methyl sites for hydroxylation is 1. The number of nitriles is 1. The first kappa shape index (κ1) is 15.7. The molecule has 1 aromatic heterocycles. The summed E-state index contributed by atoms with van der Waals surface area (Å²) in [6, 6.07) is 13.6. The molecule has 0 unspecified atom stereocenters. The van der Waals surface area contributed by atoms with Crippen molar-refractivity contribution in [3.63, 3.8) is 0 Å². The van der Waals surface area contributed by atoms with Crippen LogP contribution in [0.2, 0.25) is 0 Å². The molecule has 0 radical (unpaired) electrons. The van der Waals surface area contributed by atoms with E-state index in [0.717, 1.165) is 0 Å². The van der Waals surface area contributed by atoms with Gasteiger partial charge in [-0.3, -0.25) is 0 Å². The zero-order chi connectivity index (χ0) is 17.1. The second kappa shape index (κ2) is 6.50. The maximum atomic E-state index is 13.4. The average molecular weight is 323 g/mol. The van der Waals surface area contributed by atoms with Crippen LogP contribution in [0.1, 0.15) is 30.0 Å². The molecule has 0 saturated heterocycles. The fourth-order valence-corrected chi connectivity index (χ4v) is 2.20. The highest BCUT2D eigenvalue weighted by molar-refractivity contribution is 5.55. The molecule has 3 aromatic rings. The molecule has 0 spiro atoms. The van der Waals surface area contributed by atoms with E-state index in [1.807, 2.05) is 0 Å². The van der Waals surface area contributed by atoms with Gasteiger partial charge < -0.3 is 9.26 Å². The van der Waals surface area contributed by atoms with Gasteiger partial charge >= 0.3 is 0 Å². The minimum Gasteiger partial charge on any atom is -0.479 e. The van der Waals surface area contributed by atoms with Crippen LogP contribution in [0.15, 0.2) is 47.0 Å². The van der Waals surface area contributed by atoms with Gasteiger partial charge in [0.25, 0.3) is 5.89 Å². The van der Waals surface area contributed by atoms with Gasteiger partial charge in [0.1, 0.15) is 17.6 Å². The normalized spacial score (nSPS) is 11.8. The largest absolute Gasteiger partial charge is 0.479 e. The molecule has 5 nitrogen and oxygen atoms in total. The van der Waals surface area contributed by atoms with Crippen molar-refractivity contribution >= 4 is 0 Å². The fourth-order valence-electron chi connectivity index (χ4n) is 2.20. The maximum absolute atomic E-state index is 13.4. The van der Waals surface area contributed by atoms with Crippen molar-refractivity contribution in [2.45, 2.75) is 20.0 Å². The van der Waals surface area contributed by atoms with Crippen LogP contribution >= 0.6 is 0 Å². The van der Waals surface area contributed by atoms with Crippen molar-refractivity contribution in [3.8, 4) is 23.2 Å². The lowest BCUT2D eigenvalue weighted by Crippen LogP contribution is -2.04. The quantitative estimate of drug-likeness (QED) is 0.719. The van der Waals surface area contributed by atoms with Crippen molar-refractivity contribution in [3.05, 3.63) is 65.3 Å². The number of ether oxygens (including phenoxy) is 1. The SMILES string of the molecule is Cc1cc(-c2noc([C@@H](C)Oc3ccccc3C#N)n2)ccc1F. The molecule has 120 valence electrons. The van der Waals surface area contributed by atoms with E-state index in [-0.39, 0.29) is 11.7 Å². The molecule has 24 heavy (non-hydrogen) atoms. The lowest BCUT2D eigenvalue weighted by molar-refractivity contribution is 0.175. The molecule has 0 N–H and O–H groups in total. The van der Waals surface area contributed by atoms with E-state index in [4.69, 9.17) is 14.5 Å². The molecule has 0 aliphatic carbocycles. The molecule has 0 saturated carbocycles. The van der Waals surface area contributed by atoms with Crippen LogP contribution < -0.4 is 4.74 Å². The van der Waals surface area contributed by atoms with Gasteiger partial charge in [0.2, 0.25) is 5.82 Å². The van der Waals surface area contributed by atoms with Crippen LogP contribution in [-0.2, 0) is 0 Å². The number of aromatic nitrogens is 2. The Hall–Kier alpha value is -3.20. The standard InChI is InChI=1S/C18H14FN3O2/c1-11-9-13(7-8-15(11)19)17-21-18(24-22-17)12(2)23-16-6-4-3-5-14(16)10-20/h3-9,12H,1-2H3/t12-/m1/s1. The Balaban J connectivity index is 1.82. The first-order chi connectivity index (χ1) is 11.6. The van der Waals surface area contributed by atoms with Crippen LogP contribution in [0.25, 0.3) is 11.4 Å². The predicted molar refractivity (Wildman–Crippen MR) is 84.6 cm³/mol. The smallest absolute Gasteiger partial charge is 0.267 e. The Morgan fingerprint density at radius 3 is 2.79 bits per heavy atom. The van der Waals surface area contributed by atoms with Crippen molar-refractivity contribution in [2.75, 3.05) is 0 Å². The van der Waals surface area contributed by atoms with Crippen LogP contribution in [0.5, 0.6) is 5.75 Å². The molecule has 6 heteroatoms. The van der Waals surface area contributed by atoms with Gasteiger partial charge in [-0.2, -0.15) is 10.2 Å². The Bertz CT molecular complexity index is 915. The molecule has 0 amide bonds. The second-order valence-electron chi connectivity index (χ2n) is 5.29. The summed E-state index contributed by atoms with van der Waals surface area (Å²) in [5.41, 5.74) is 1.60. The molecule has 1 heterocycles. The summed E-state index contributed by atoms with van der Waals surface area (Å²) in [7, 11) is 0. The second-order valence-corrected chi connectivity index (χ2v) is 5.29. The summed E-state index contributed by atoms with van der Waals surface area (Å²) >= 11 is 0. The average Bonchev–Trinajstić information content (AvgIpc) is 3.08. The van der Waals surface area contributed by atoms with Crippen LogP contribution in [0.4, 0.5) is 4.39 Å². The van der Waals surface area contributed by atoms with E-state index in [1.54, 1.807) is 50.2 Å². The summed E-state index contributed by atoms with van der Waals surface area (Å²) < 4.78 is 24.3. The third-order valence-electron chi connectivity index (χ3n) is 3.52. The third-order valence-corrected chi connectivity index (χ3v) is 3.52. The van der Waals surface area contributed by atoms with Gasteiger partial charge in [0.05, 0.1) is 5.56 Å². The first-order valence-corrected chi connectivity index (χ1v) is 7.34. The van der Waals surface area contributed by atoms with E-state index < -0.39 is 6.10 Å². The highest BCUT2D eigenvalue weighted by atomic mass is 19.1. The van der Waals surface area contributed by atoms with Crippen molar-refractivity contribution < 1.29 is 13.7 Å². The molecule has 0 bridgehead atoms. The molecule has 2 aromatic carbocycles. The van der Waals surface area contributed by atoms with Gasteiger partial charge in [0.15, 0.2) is 6.10 Å². The minimum absolute atomic E-state index is 0.278. The minimum atomic E-state index is -0.526. The number of nitrogens with zero attached hydrogens (tertiary/aromatic N) is 3. The number of hydrogen-bond donors (Lipinski definition) is 0. The fraction of sp³-hybridized carbons (Fsp3) is 0.167. The number of rotatable bonds is 4. The Morgan fingerprint density at radius 1 is 1.25 bits per heavy atom. The van der Waals surface area contributed by atoms with Crippen LogP contribution in [0, 0.1) is 24.1 Å². The van der Waals surface area contributed by atoms with Crippen LogP contribution in [0.3, 0.4) is 0 Å². The van der Waals surface area contributed by atoms with E-state index in [2.05, 4.69) is 16.2 Å². The summed E-state index contributed by atoms with van der Waals surface area (Å²) in [6.45, 7) is 3.42. The van der Waals surface area contributed by atoms with Gasteiger partial charge in [-0.15, -0.1) is 0 Å². The lowest BCUT2D eigenvalue weighted by atomic mass is 10.1. The van der Waals surface area contributed by atoms with Gasteiger partial charge in [-0.1, -0.05) is 17.3 Å². The Morgan fingerprint density at radius 2 is 2.04 bits per heavy atom. The van der Waals surface area contributed by atoms with E-state index >= 15 is 0 Å². The van der Waals surface area contributed by atoms with E-state index in [9.17, 15) is 4.39 Å². The molecular formula is C18H14FN3O2. The molecular weight excluding hydrogens is 309 g/mol. The van der Waals surface area contributed by atoms with Crippen molar-refractivity contribution in [2.24, 2.45) is 0 Å². The molecule has 0 fully saturated rings. The molecule has 0 aliphatic heterocycles. The zero-order valence-corrected chi connectivity index (χ0v) is 13.2. The van der Waals surface area contributed by atoms with Crippen LogP contribution in [-0.4, -0.2) is 10.1 Å². The molecule has 3 rings (SSSR count). The van der Waals surface area contributed by atoms with E-state index in [1.165, 1.54) is 6.07 Å². The summed E-state index contributed by atoms with van der Waals surface area (Å²) in [5, 5.41) is 13.0. The topological polar surface area (TPSA) is 71.9 Å². The first-order valence-electron chi connectivity index (χ1n) is 7.34. The number of para-hydroxylation sites is 1. The number of hydrogen-bond acceptors (Lipinski definition) is 5. The molecule has 1 atom stereocenters. The lowest BCUT2D eigenvalue weighted by Gasteiger charge is -2.11. The third kappa shape index (κ3) is 3.10. The van der Waals surface area contributed by atoms with Gasteiger partial charge in [0, 0.05) is 5.56 Å². The zero-order valence-electron chi connectivity index (χ0n) is 13.2. The highest BCUT2D eigenvalue weighted by Crippen LogP contribution is 2.26. The Labute approximate surface area is 138 Å². The maximum Gasteiger partial charge on any atom is 0.267 e. The summed E-state index contributed by atoms with van der Waals surface area (Å²) in [4.78, 5) is 4.29. The molecule has 0 aliphatic rings. The Kier molecular flexibility index (Phi) is 4.25. The summed E-state index contributed by atoms with van der Waals surface area (Å²) in [5.74, 6) is 0.800. The van der Waals surface area contributed by atoms with Crippen molar-refractivity contribution in [1.82, 2.24) is 10.1 Å². The number of halogens is 1. The monoisotopic (exact) mass is 323 g/mol. The van der Waals surface area contributed by atoms with Crippen molar-refractivity contribution in [1.29, 1.82) is 5.26 Å². The summed E-state index contributed by atoms with van der Waals surface area (Å²) in [6.07, 6.45) is -0.526. The van der Waals surface area contributed by atoms with Gasteiger partial charge in [-0.25, -0.2) is 4.39 Å². The number of benzene rings is 2.